The van der Waals surface area contributed by atoms with Crippen LogP contribution in [-0.2, 0) is 0 Å². The normalized spacial score (nSPS) is 13.9. The monoisotopic (exact) mass is 180 g/mol. The zero-order chi connectivity index (χ0) is 10.3. The molecule has 0 heteroatoms. The first-order valence-electron chi connectivity index (χ1n) is 5.36. The highest BCUT2D eigenvalue weighted by Gasteiger charge is 2.04. The summed E-state index contributed by atoms with van der Waals surface area (Å²) in [5, 5.41) is 0. The van der Waals surface area contributed by atoms with Crippen molar-refractivity contribution in [2.45, 2.75) is 47.0 Å². The van der Waals surface area contributed by atoms with Gasteiger partial charge in [-0.25, -0.2) is 0 Å². The topological polar surface area (TPSA) is 0 Å². The molecule has 0 heterocycles. The number of hydrogen-bond acceptors (Lipinski definition) is 0. The van der Waals surface area contributed by atoms with E-state index in [-0.39, 0.29) is 0 Å². The summed E-state index contributed by atoms with van der Waals surface area (Å²) in [7, 11) is 0. The van der Waals surface area contributed by atoms with Crippen LogP contribution in [-0.4, -0.2) is 0 Å². The standard InChI is InChI=1S/C13H24/c1-6-7-12(4)10-13(5)9-8-11(2)3/h6-7,11,13H,4,8-10H2,1-3,5H3. The molecule has 0 aromatic rings. The van der Waals surface area contributed by atoms with Crippen LogP contribution >= 0.6 is 0 Å². The molecule has 0 saturated heterocycles. The van der Waals surface area contributed by atoms with Gasteiger partial charge in [0.05, 0.1) is 0 Å². The molecular weight excluding hydrogens is 156 g/mol. The van der Waals surface area contributed by atoms with E-state index in [0.29, 0.717) is 0 Å². The SMILES string of the molecule is C=C(C=CC)CC(C)CCC(C)C. The fourth-order valence-corrected chi connectivity index (χ4v) is 1.47. The molecule has 0 aliphatic carbocycles. The second-order valence-electron chi connectivity index (χ2n) is 4.44. The van der Waals surface area contributed by atoms with Gasteiger partial charge in [-0.3, -0.25) is 0 Å². The molecule has 0 nitrogen and oxygen atoms in total. The number of allylic oxidation sites excluding steroid dienone is 3. The Morgan fingerprint density at radius 1 is 1.23 bits per heavy atom. The molecule has 1 unspecified atom stereocenters. The first-order valence-corrected chi connectivity index (χ1v) is 5.36. The van der Waals surface area contributed by atoms with Crippen LogP contribution in [0.2, 0.25) is 0 Å². The molecule has 0 aliphatic rings. The van der Waals surface area contributed by atoms with Gasteiger partial charge in [0.15, 0.2) is 0 Å². The van der Waals surface area contributed by atoms with Gasteiger partial charge in [-0.1, -0.05) is 57.9 Å². The summed E-state index contributed by atoms with van der Waals surface area (Å²) >= 11 is 0. The Bertz CT molecular complexity index is 163. The minimum atomic E-state index is 0.783. The molecule has 0 aliphatic heterocycles. The molecule has 0 aromatic carbocycles. The molecular formula is C13H24. The van der Waals surface area contributed by atoms with Gasteiger partial charge in [0.1, 0.15) is 0 Å². The van der Waals surface area contributed by atoms with E-state index in [0.717, 1.165) is 18.3 Å². The van der Waals surface area contributed by atoms with E-state index in [1.54, 1.807) is 0 Å². The molecule has 0 spiro atoms. The van der Waals surface area contributed by atoms with E-state index in [9.17, 15) is 0 Å². The Balaban J connectivity index is 3.61. The summed E-state index contributed by atoms with van der Waals surface area (Å²) in [5.41, 5.74) is 1.26. The Kier molecular flexibility index (Phi) is 6.66. The lowest BCUT2D eigenvalue weighted by atomic mass is 9.94. The first-order chi connectivity index (χ1) is 6.06. The second-order valence-corrected chi connectivity index (χ2v) is 4.44. The van der Waals surface area contributed by atoms with Gasteiger partial charge < -0.3 is 0 Å². The maximum Gasteiger partial charge on any atom is -0.0259 e. The summed E-state index contributed by atoms with van der Waals surface area (Å²) < 4.78 is 0. The first kappa shape index (κ1) is 12.5. The zero-order valence-corrected chi connectivity index (χ0v) is 9.64. The lowest BCUT2D eigenvalue weighted by Gasteiger charge is -2.12. The minimum absolute atomic E-state index is 0.783. The highest BCUT2D eigenvalue weighted by atomic mass is 14.1. The smallest absolute Gasteiger partial charge is 0.0259 e. The lowest BCUT2D eigenvalue weighted by Crippen LogP contribution is -1.98. The van der Waals surface area contributed by atoms with Crippen molar-refractivity contribution in [2.75, 3.05) is 0 Å². The van der Waals surface area contributed by atoms with Crippen molar-refractivity contribution in [3.63, 3.8) is 0 Å². The van der Waals surface area contributed by atoms with Gasteiger partial charge in [-0.15, -0.1) is 0 Å². The third kappa shape index (κ3) is 7.83. The largest absolute Gasteiger partial charge is 0.0958 e. The van der Waals surface area contributed by atoms with Crippen molar-refractivity contribution in [1.82, 2.24) is 0 Å². The maximum absolute atomic E-state index is 4.02. The van der Waals surface area contributed by atoms with Crippen molar-refractivity contribution in [3.05, 3.63) is 24.3 Å². The fraction of sp³-hybridized carbons (Fsp3) is 0.692. The molecule has 0 bridgehead atoms. The molecule has 0 N–H and O–H groups in total. The molecule has 76 valence electrons. The van der Waals surface area contributed by atoms with Crippen molar-refractivity contribution in [2.24, 2.45) is 11.8 Å². The average molecular weight is 180 g/mol. The number of hydrogen-bond donors (Lipinski definition) is 0. The predicted octanol–water partition coefficient (Wildman–Crippen LogP) is 4.58. The van der Waals surface area contributed by atoms with Crippen LogP contribution in [0, 0.1) is 11.8 Å². The van der Waals surface area contributed by atoms with Crippen LogP contribution in [0.4, 0.5) is 0 Å². The average Bonchev–Trinajstić information content (AvgIpc) is 2.01. The van der Waals surface area contributed by atoms with E-state index in [2.05, 4.69) is 39.5 Å². The summed E-state index contributed by atoms with van der Waals surface area (Å²) in [6.07, 6.45) is 8.00. The third-order valence-corrected chi connectivity index (χ3v) is 2.25. The van der Waals surface area contributed by atoms with Gasteiger partial charge in [-0.05, 0) is 25.2 Å². The van der Waals surface area contributed by atoms with E-state index < -0.39 is 0 Å². The second kappa shape index (κ2) is 6.94. The summed E-state index contributed by atoms with van der Waals surface area (Å²) in [6, 6.07) is 0. The van der Waals surface area contributed by atoms with Crippen LogP contribution in [0.1, 0.15) is 47.0 Å². The van der Waals surface area contributed by atoms with Crippen molar-refractivity contribution >= 4 is 0 Å². The van der Waals surface area contributed by atoms with E-state index in [1.807, 2.05) is 6.92 Å². The molecule has 1 atom stereocenters. The maximum atomic E-state index is 4.02. The van der Waals surface area contributed by atoms with Gasteiger partial charge in [-0.2, -0.15) is 0 Å². The predicted molar refractivity (Wildman–Crippen MR) is 61.8 cm³/mol. The fourth-order valence-electron chi connectivity index (χ4n) is 1.47. The lowest BCUT2D eigenvalue weighted by molar-refractivity contribution is 0.450. The van der Waals surface area contributed by atoms with Crippen molar-refractivity contribution < 1.29 is 0 Å². The van der Waals surface area contributed by atoms with Crippen LogP contribution in [0.25, 0.3) is 0 Å². The third-order valence-electron chi connectivity index (χ3n) is 2.25. The van der Waals surface area contributed by atoms with Gasteiger partial charge in [0, 0.05) is 0 Å². The van der Waals surface area contributed by atoms with Gasteiger partial charge >= 0.3 is 0 Å². The Hall–Kier alpha value is -0.520. The number of rotatable bonds is 6. The van der Waals surface area contributed by atoms with Crippen molar-refractivity contribution in [3.8, 4) is 0 Å². The van der Waals surface area contributed by atoms with Crippen LogP contribution in [0.5, 0.6) is 0 Å². The summed E-state index contributed by atoms with van der Waals surface area (Å²) in [5.74, 6) is 1.61. The molecule has 0 saturated carbocycles. The van der Waals surface area contributed by atoms with Crippen LogP contribution in [0.3, 0.4) is 0 Å². The van der Waals surface area contributed by atoms with Gasteiger partial charge in [0.25, 0.3) is 0 Å². The highest BCUT2D eigenvalue weighted by Crippen LogP contribution is 2.18. The van der Waals surface area contributed by atoms with Gasteiger partial charge in [0.2, 0.25) is 0 Å². The van der Waals surface area contributed by atoms with Crippen LogP contribution in [0.15, 0.2) is 24.3 Å². The van der Waals surface area contributed by atoms with Crippen molar-refractivity contribution in [1.29, 1.82) is 0 Å². The molecule has 13 heavy (non-hydrogen) atoms. The molecule has 0 fully saturated rings. The minimum Gasteiger partial charge on any atom is -0.0958 e. The summed E-state index contributed by atoms with van der Waals surface area (Å²) in [4.78, 5) is 0. The quantitative estimate of drug-likeness (QED) is 0.525. The Morgan fingerprint density at radius 2 is 1.85 bits per heavy atom. The Morgan fingerprint density at radius 3 is 2.31 bits per heavy atom. The highest BCUT2D eigenvalue weighted by molar-refractivity contribution is 5.13. The van der Waals surface area contributed by atoms with Crippen LogP contribution < -0.4 is 0 Å². The van der Waals surface area contributed by atoms with E-state index in [1.165, 1.54) is 18.4 Å². The molecule has 0 amide bonds. The molecule has 0 rings (SSSR count). The molecule has 0 aromatic heterocycles. The summed E-state index contributed by atoms with van der Waals surface area (Å²) in [6.45, 7) is 13.0. The Labute approximate surface area is 83.7 Å². The van der Waals surface area contributed by atoms with E-state index in [4.69, 9.17) is 0 Å². The zero-order valence-electron chi connectivity index (χ0n) is 9.64. The molecule has 0 radical (unpaired) electrons. The van der Waals surface area contributed by atoms with E-state index >= 15 is 0 Å².